The zero-order valence-corrected chi connectivity index (χ0v) is 10.9. The van der Waals surface area contributed by atoms with Gasteiger partial charge in [0.2, 0.25) is 5.91 Å². The van der Waals surface area contributed by atoms with Crippen molar-refractivity contribution in [1.29, 1.82) is 0 Å². The molecule has 0 radical (unpaired) electrons. The lowest BCUT2D eigenvalue weighted by Gasteiger charge is -2.21. The monoisotopic (exact) mass is 264 g/mol. The number of hydrogen-bond acceptors (Lipinski definition) is 3. The van der Waals surface area contributed by atoms with Crippen molar-refractivity contribution in [2.45, 2.75) is 25.1 Å². The first-order valence-corrected chi connectivity index (χ1v) is 6.99. The van der Waals surface area contributed by atoms with Gasteiger partial charge in [-0.25, -0.2) is 4.79 Å². The van der Waals surface area contributed by atoms with Gasteiger partial charge in [-0.05, 0) is 37.2 Å². The van der Waals surface area contributed by atoms with E-state index in [1.54, 1.807) is 0 Å². The molecule has 92 valence electrons. The van der Waals surface area contributed by atoms with Gasteiger partial charge in [0.05, 0.1) is 0 Å². The van der Waals surface area contributed by atoms with E-state index in [9.17, 15) is 9.59 Å². The van der Waals surface area contributed by atoms with Crippen LogP contribution in [0.2, 0.25) is 0 Å². The van der Waals surface area contributed by atoms with Crippen molar-refractivity contribution in [2.75, 3.05) is 18.1 Å². The van der Waals surface area contributed by atoms with Gasteiger partial charge in [-0.3, -0.25) is 10.1 Å². The SMILES string of the molecule is CC(Cl)C(=O)NC(=O)NCC1CCSCC1. The summed E-state index contributed by atoms with van der Waals surface area (Å²) in [6.07, 6.45) is 2.26. The third-order valence-corrected chi connectivity index (χ3v) is 3.74. The fourth-order valence-corrected chi connectivity index (χ4v) is 2.70. The molecule has 1 rings (SSSR count). The summed E-state index contributed by atoms with van der Waals surface area (Å²) >= 11 is 7.47. The Labute approximate surface area is 105 Å². The number of alkyl halides is 1. The number of rotatable bonds is 3. The highest BCUT2D eigenvalue weighted by Crippen LogP contribution is 2.21. The van der Waals surface area contributed by atoms with E-state index in [2.05, 4.69) is 10.6 Å². The van der Waals surface area contributed by atoms with E-state index in [0.717, 1.165) is 24.3 Å². The first-order chi connectivity index (χ1) is 7.59. The summed E-state index contributed by atoms with van der Waals surface area (Å²) in [7, 11) is 0. The van der Waals surface area contributed by atoms with Gasteiger partial charge in [-0.15, -0.1) is 11.6 Å². The molecule has 1 heterocycles. The maximum absolute atomic E-state index is 11.3. The lowest BCUT2D eigenvalue weighted by Crippen LogP contribution is -2.44. The molecule has 4 nitrogen and oxygen atoms in total. The topological polar surface area (TPSA) is 58.2 Å². The molecule has 2 N–H and O–H groups in total. The van der Waals surface area contributed by atoms with Crippen LogP contribution in [0.4, 0.5) is 4.79 Å². The average molecular weight is 265 g/mol. The molecule has 6 heteroatoms. The van der Waals surface area contributed by atoms with E-state index in [4.69, 9.17) is 11.6 Å². The number of carbonyl (C=O) groups excluding carboxylic acids is 2. The first-order valence-electron chi connectivity index (χ1n) is 5.40. The van der Waals surface area contributed by atoms with Gasteiger partial charge >= 0.3 is 6.03 Å². The summed E-state index contributed by atoms with van der Waals surface area (Å²) in [6.45, 7) is 2.17. The van der Waals surface area contributed by atoms with E-state index < -0.39 is 17.3 Å². The Balaban J connectivity index is 2.16. The van der Waals surface area contributed by atoms with Crippen LogP contribution < -0.4 is 10.6 Å². The minimum absolute atomic E-state index is 0.448. The van der Waals surface area contributed by atoms with Crippen LogP contribution in [0.15, 0.2) is 0 Å². The van der Waals surface area contributed by atoms with Crippen LogP contribution in [-0.2, 0) is 4.79 Å². The second-order valence-electron chi connectivity index (χ2n) is 3.87. The average Bonchev–Trinajstić information content (AvgIpc) is 2.27. The van der Waals surface area contributed by atoms with Gasteiger partial charge < -0.3 is 5.32 Å². The number of thioether (sulfide) groups is 1. The quantitative estimate of drug-likeness (QED) is 0.761. The molecule has 0 aromatic heterocycles. The molecule has 1 atom stereocenters. The number of imide groups is 1. The van der Waals surface area contributed by atoms with Crippen LogP contribution in [0.1, 0.15) is 19.8 Å². The van der Waals surface area contributed by atoms with Gasteiger partial charge in [0, 0.05) is 6.54 Å². The first kappa shape index (κ1) is 13.6. The smallest absolute Gasteiger partial charge is 0.321 e. The van der Waals surface area contributed by atoms with Crippen molar-refractivity contribution in [3.8, 4) is 0 Å². The Morgan fingerprint density at radius 2 is 2.06 bits per heavy atom. The van der Waals surface area contributed by atoms with Crippen LogP contribution in [0.5, 0.6) is 0 Å². The number of nitrogens with one attached hydrogen (secondary N) is 2. The molecule has 1 unspecified atom stereocenters. The van der Waals surface area contributed by atoms with Crippen molar-refractivity contribution in [3.63, 3.8) is 0 Å². The van der Waals surface area contributed by atoms with Crippen LogP contribution in [0, 0.1) is 5.92 Å². The number of hydrogen-bond donors (Lipinski definition) is 2. The summed E-state index contributed by atoms with van der Waals surface area (Å²) in [4.78, 5) is 22.4. The second kappa shape index (κ2) is 7.01. The summed E-state index contributed by atoms with van der Waals surface area (Å²) in [6, 6.07) is -0.448. The fourth-order valence-electron chi connectivity index (χ4n) is 1.44. The van der Waals surface area contributed by atoms with Gasteiger partial charge in [-0.2, -0.15) is 11.8 Å². The maximum Gasteiger partial charge on any atom is 0.321 e. The molecule has 0 spiro atoms. The largest absolute Gasteiger partial charge is 0.338 e. The van der Waals surface area contributed by atoms with Gasteiger partial charge in [-0.1, -0.05) is 0 Å². The zero-order chi connectivity index (χ0) is 12.0. The van der Waals surface area contributed by atoms with Gasteiger partial charge in [0.1, 0.15) is 5.38 Å². The number of urea groups is 1. The highest BCUT2D eigenvalue weighted by atomic mass is 35.5. The van der Waals surface area contributed by atoms with Crippen molar-refractivity contribution in [1.82, 2.24) is 10.6 Å². The summed E-state index contributed by atoms with van der Waals surface area (Å²) in [5.74, 6) is 2.39. The van der Waals surface area contributed by atoms with Crippen molar-refractivity contribution >= 4 is 35.3 Å². The summed E-state index contributed by atoms with van der Waals surface area (Å²) < 4.78 is 0. The summed E-state index contributed by atoms with van der Waals surface area (Å²) in [5, 5.41) is 4.21. The van der Waals surface area contributed by atoms with Gasteiger partial charge in [0.15, 0.2) is 0 Å². The predicted octanol–water partition coefficient (Wildman–Crippen LogP) is 1.58. The zero-order valence-electron chi connectivity index (χ0n) is 9.29. The van der Waals surface area contributed by atoms with Crippen LogP contribution >= 0.6 is 23.4 Å². The van der Waals surface area contributed by atoms with Crippen LogP contribution in [0.25, 0.3) is 0 Å². The molecule has 1 aliphatic rings. The third-order valence-electron chi connectivity index (χ3n) is 2.49. The maximum atomic E-state index is 11.3. The second-order valence-corrected chi connectivity index (χ2v) is 5.75. The minimum Gasteiger partial charge on any atom is -0.338 e. The Hall–Kier alpha value is -0.420. The van der Waals surface area contributed by atoms with E-state index in [1.807, 2.05) is 11.8 Å². The molecule has 1 saturated heterocycles. The molecule has 3 amide bonds. The molecule has 1 aliphatic heterocycles. The van der Waals surface area contributed by atoms with E-state index in [1.165, 1.54) is 6.92 Å². The van der Waals surface area contributed by atoms with E-state index >= 15 is 0 Å². The molecule has 0 aromatic carbocycles. The molecule has 0 bridgehead atoms. The molecule has 16 heavy (non-hydrogen) atoms. The molecule has 0 aromatic rings. The Kier molecular flexibility index (Phi) is 5.98. The summed E-state index contributed by atoms with van der Waals surface area (Å²) in [5.41, 5.74) is 0. The Bertz CT molecular complexity index is 255. The normalized spacial score (nSPS) is 18.9. The third kappa shape index (κ3) is 5.07. The standard InChI is InChI=1S/C10H17ClN2O2S/c1-7(11)9(14)13-10(15)12-6-8-2-4-16-5-3-8/h7-8H,2-6H2,1H3,(H2,12,13,14,15). The van der Waals surface area contributed by atoms with Crippen LogP contribution in [-0.4, -0.2) is 35.4 Å². The van der Waals surface area contributed by atoms with Crippen molar-refractivity contribution in [2.24, 2.45) is 5.92 Å². The lowest BCUT2D eigenvalue weighted by molar-refractivity contribution is -0.119. The highest BCUT2D eigenvalue weighted by Gasteiger charge is 2.16. The minimum atomic E-state index is -0.683. The fraction of sp³-hybridized carbons (Fsp3) is 0.800. The number of halogens is 1. The molecule has 0 saturated carbocycles. The lowest BCUT2D eigenvalue weighted by atomic mass is 10.0. The molecular formula is C10H17ClN2O2S. The Morgan fingerprint density at radius 3 is 2.62 bits per heavy atom. The molecular weight excluding hydrogens is 248 g/mol. The molecule has 1 fully saturated rings. The van der Waals surface area contributed by atoms with Gasteiger partial charge in [0.25, 0.3) is 0 Å². The Morgan fingerprint density at radius 1 is 1.44 bits per heavy atom. The van der Waals surface area contributed by atoms with Crippen molar-refractivity contribution < 1.29 is 9.59 Å². The number of amides is 3. The molecule has 0 aliphatic carbocycles. The van der Waals surface area contributed by atoms with E-state index in [-0.39, 0.29) is 0 Å². The van der Waals surface area contributed by atoms with Crippen LogP contribution in [0.3, 0.4) is 0 Å². The van der Waals surface area contributed by atoms with Crippen molar-refractivity contribution in [3.05, 3.63) is 0 Å². The number of carbonyl (C=O) groups is 2. The highest BCUT2D eigenvalue weighted by molar-refractivity contribution is 7.99. The van der Waals surface area contributed by atoms with E-state index in [0.29, 0.717) is 12.5 Å². The predicted molar refractivity (Wildman–Crippen MR) is 66.9 cm³/mol.